The molecule has 12 aromatic carbocycles. The van der Waals surface area contributed by atoms with Gasteiger partial charge in [-0.05, 0) is 153 Å². The van der Waals surface area contributed by atoms with Gasteiger partial charge in [0.15, 0.2) is 0 Å². The number of aliphatic imine (C=N–C) groups is 2. The van der Waals surface area contributed by atoms with E-state index in [0.717, 1.165) is 89.4 Å². The molecule has 6 heteroatoms. The maximum Gasteiger partial charge on any atom is 0.126 e. The molecule has 0 fully saturated rings. The summed E-state index contributed by atoms with van der Waals surface area (Å²) in [4.78, 5) is 10.1. The van der Waals surface area contributed by atoms with Gasteiger partial charge in [0, 0.05) is 49.2 Å². The average molecular weight is 1160 g/mol. The van der Waals surface area contributed by atoms with Crippen LogP contribution >= 0.6 is 0 Å². The molecule has 0 heterocycles. The molecule has 2 N–H and O–H groups in total. The van der Waals surface area contributed by atoms with Crippen LogP contribution in [0.25, 0.3) is 64.6 Å². The largest absolute Gasteiger partial charge is 0.507 e. The number of benzene rings is 12. The maximum absolute atomic E-state index is 13.0. The minimum Gasteiger partial charge on any atom is -0.507 e. The number of rotatable bonds is 10. The summed E-state index contributed by atoms with van der Waals surface area (Å²) < 4.78 is 14.3. The summed E-state index contributed by atoms with van der Waals surface area (Å²) in [7, 11) is 0. The first kappa shape index (κ1) is 58.3. The topological polar surface area (TPSA) is 83.6 Å². The highest BCUT2D eigenvalue weighted by molar-refractivity contribution is 6.26. The Labute approximate surface area is 519 Å². The second-order valence-electron chi connectivity index (χ2n) is 29.0. The summed E-state index contributed by atoms with van der Waals surface area (Å²) in [5.41, 5.74) is 13.0. The van der Waals surface area contributed by atoms with Gasteiger partial charge in [0.2, 0.25) is 0 Å². The van der Waals surface area contributed by atoms with Crippen LogP contribution in [-0.4, -0.2) is 48.9 Å². The summed E-state index contributed by atoms with van der Waals surface area (Å²) in [6.07, 6.45) is 5.67. The van der Waals surface area contributed by atoms with Crippen LogP contribution < -0.4 is 9.47 Å². The molecule has 0 spiro atoms. The summed E-state index contributed by atoms with van der Waals surface area (Å²) in [6, 6.07) is 57.5. The number of phenols is 2. The lowest BCUT2D eigenvalue weighted by molar-refractivity contribution is 0.322. The number of fused-ring (bicyclic) bond motifs is 8. The van der Waals surface area contributed by atoms with E-state index in [0.29, 0.717) is 52.0 Å². The highest BCUT2D eigenvalue weighted by atomic mass is 16.5. The Morgan fingerprint density at radius 1 is 0.341 bits per heavy atom. The summed E-state index contributed by atoms with van der Waals surface area (Å²) >= 11 is 0. The maximum atomic E-state index is 13.0. The lowest BCUT2D eigenvalue weighted by Crippen LogP contribution is -2.17. The molecule has 12 aromatic rings. The van der Waals surface area contributed by atoms with Crippen LogP contribution in [0, 0.1) is 0 Å². The second kappa shape index (κ2) is 22.1. The number of nitrogens with zero attached hydrogens (tertiary/aromatic N) is 2. The quantitative estimate of drug-likeness (QED) is 0.0812. The Hall–Kier alpha value is -8.74. The predicted molar refractivity (Wildman–Crippen MR) is 371 cm³/mol. The van der Waals surface area contributed by atoms with Gasteiger partial charge >= 0.3 is 0 Å². The fraction of sp³-hybridized carbons (Fsp3) is 0.293. The second-order valence-corrected chi connectivity index (χ2v) is 29.0. The zero-order valence-electron chi connectivity index (χ0n) is 53.4. The molecule has 0 aliphatic heterocycles. The Morgan fingerprint density at radius 3 is 0.898 bits per heavy atom. The fourth-order valence-corrected chi connectivity index (χ4v) is 13.5. The van der Waals surface area contributed by atoms with Crippen LogP contribution in [-0.2, 0) is 47.3 Å². The number of hydrogen-bond donors (Lipinski definition) is 2. The summed E-state index contributed by atoms with van der Waals surface area (Å²) in [5.74, 6) is 2.08. The van der Waals surface area contributed by atoms with Crippen molar-refractivity contribution in [2.75, 3.05) is 26.3 Å². The smallest absolute Gasteiger partial charge is 0.126 e. The molecule has 0 radical (unpaired) electrons. The molecule has 6 nitrogen and oxygen atoms in total. The van der Waals surface area contributed by atoms with E-state index in [1.807, 2.05) is 12.4 Å². The van der Waals surface area contributed by atoms with E-state index in [-0.39, 0.29) is 33.2 Å². The van der Waals surface area contributed by atoms with E-state index in [9.17, 15) is 10.2 Å². The Bertz CT molecular complexity index is 4310. The fourth-order valence-electron chi connectivity index (χ4n) is 13.5. The zero-order chi connectivity index (χ0) is 61.6. The van der Waals surface area contributed by atoms with Crippen molar-refractivity contribution in [2.24, 2.45) is 9.98 Å². The molecule has 1 aliphatic rings. The standard InChI is InChI=1S/C82H82N2O4/c1-79(2,3)65-39-57-35-61-43-67(81(7,8)9)45-63(77(61)87-33-31-83-47-55-25-23-53-21-19-49-15-13-17-51-27-29-69(55)73(53)71(49)51)37-59-41-66(80(4,5)6)42-60(76(59)86)38-64-46-68(82(10,11)12)44-62(36-58(40-65)75(57)85)78(64)88-34-32-84-48-56-26-24-54-22-20-50-16-14-18-52-28-30-70(56)74(54)72(50)52/h13-30,39-48,85-86H,31-38H2,1-12H3. The average Bonchev–Trinajstić information content (AvgIpc) is 0.872. The van der Waals surface area contributed by atoms with Crippen molar-refractivity contribution in [1.82, 2.24) is 0 Å². The minimum absolute atomic E-state index is 0.229. The van der Waals surface area contributed by atoms with Gasteiger partial charge in [-0.15, -0.1) is 0 Å². The Morgan fingerprint density at radius 2 is 0.602 bits per heavy atom. The van der Waals surface area contributed by atoms with Gasteiger partial charge in [-0.3, -0.25) is 9.98 Å². The van der Waals surface area contributed by atoms with E-state index in [1.54, 1.807) is 0 Å². The zero-order valence-corrected chi connectivity index (χ0v) is 53.4. The predicted octanol–water partition coefficient (Wildman–Crippen LogP) is 19.8. The van der Waals surface area contributed by atoms with Crippen molar-refractivity contribution in [2.45, 2.75) is 130 Å². The van der Waals surface area contributed by atoms with Crippen molar-refractivity contribution < 1.29 is 19.7 Å². The van der Waals surface area contributed by atoms with Crippen LogP contribution in [0.3, 0.4) is 0 Å². The van der Waals surface area contributed by atoms with Gasteiger partial charge in [-0.1, -0.05) is 241 Å². The first-order valence-electron chi connectivity index (χ1n) is 31.6. The highest BCUT2D eigenvalue weighted by Crippen LogP contribution is 2.45. The Kier molecular flexibility index (Phi) is 14.7. The normalized spacial score (nSPS) is 13.7. The molecule has 8 bridgehead atoms. The monoisotopic (exact) mass is 1160 g/mol. The van der Waals surface area contributed by atoms with Crippen molar-refractivity contribution in [3.63, 3.8) is 0 Å². The summed E-state index contributed by atoms with van der Waals surface area (Å²) in [5, 5.41) is 40.9. The van der Waals surface area contributed by atoms with Crippen molar-refractivity contribution in [3.8, 4) is 23.0 Å². The third kappa shape index (κ3) is 11.1. The molecule has 0 atom stereocenters. The number of aromatic hydroxyl groups is 2. The van der Waals surface area contributed by atoms with Gasteiger partial charge < -0.3 is 19.7 Å². The molecule has 444 valence electrons. The van der Waals surface area contributed by atoms with E-state index in [1.165, 1.54) is 64.6 Å². The van der Waals surface area contributed by atoms with Gasteiger partial charge in [0.05, 0.1) is 13.1 Å². The third-order valence-corrected chi connectivity index (χ3v) is 18.5. The van der Waals surface area contributed by atoms with Gasteiger partial charge in [0.1, 0.15) is 36.2 Å². The SMILES string of the molecule is CC(C)(C)c1cc2c(O)c(c1)Cc1cc(C(C)(C)C)cc(c1OCCN=Cc1ccc3ccc4cccc5ccc1c3c45)Cc1cc(C(C)(C)C)cc(c1O)Cc1cc(C(C)(C)C)cc(c1OCCN=Cc1ccc3ccc4cccc5ccc1c3c45)C2. The lowest BCUT2D eigenvalue weighted by atomic mass is 9.79. The molecule has 0 amide bonds. The number of ether oxygens (including phenoxy) is 2. The molecule has 13 rings (SSSR count). The van der Waals surface area contributed by atoms with Crippen LogP contribution in [0.1, 0.15) is 161 Å². The Balaban J connectivity index is 0.904. The summed E-state index contributed by atoms with van der Waals surface area (Å²) in [6.45, 7) is 28.5. The van der Waals surface area contributed by atoms with Gasteiger partial charge in [-0.25, -0.2) is 0 Å². The van der Waals surface area contributed by atoms with Gasteiger partial charge in [-0.2, -0.15) is 0 Å². The molecule has 0 saturated heterocycles. The number of phenolic OH excluding ortho intramolecular Hbond substituents is 2. The molecule has 1 aliphatic carbocycles. The molecule has 0 saturated carbocycles. The van der Waals surface area contributed by atoms with E-state index in [2.05, 4.69) is 241 Å². The molecule has 0 unspecified atom stereocenters. The molecule has 0 aromatic heterocycles. The highest BCUT2D eigenvalue weighted by Gasteiger charge is 2.29. The molecule has 88 heavy (non-hydrogen) atoms. The van der Waals surface area contributed by atoms with Crippen LogP contribution in [0.2, 0.25) is 0 Å². The first-order chi connectivity index (χ1) is 41.9. The lowest BCUT2D eigenvalue weighted by Gasteiger charge is -2.28. The van der Waals surface area contributed by atoms with Crippen molar-refractivity contribution >= 4 is 77.1 Å². The van der Waals surface area contributed by atoms with Crippen molar-refractivity contribution in [1.29, 1.82) is 0 Å². The number of hydrogen-bond acceptors (Lipinski definition) is 6. The van der Waals surface area contributed by atoms with E-state index in [4.69, 9.17) is 19.5 Å². The first-order valence-corrected chi connectivity index (χ1v) is 31.6. The molecular formula is C82H82N2O4. The third-order valence-electron chi connectivity index (χ3n) is 18.5. The van der Waals surface area contributed by atoms with E-state index < -0.39 is 0 Å². The van der Waals surface area contributed by atoms with Crippen LogP contribution in [0.15, 0.2) is 168 Å². The van der Waals surface area contributed by atoms with Crippen LogP contribution in [0.4, 0.5) is 0 Å². The van der Waals surface area contributed by atoms with Crippen molar-refractivity contribution in [3.05, 3.63) is 236 Å². The minimum atomic E-state index is -0.238. The van der Waals surface area contributed by atoms with Gasteiger partial charge in [0.25, 0.3) is 0 Å². The van der Waals surface area contributed by atoms with E-state index >= 15 is 0 Å². The van der Waals surface area contributed by atoms with Crippen LogP contribution in [0.5, 0.6) is 23.0 Å². The molecular weight excluding hydrogens is 1080 g/mol.